The highest BCUT2D eigenvalue weighted by Gasteiger charge is 2.25. The van der Waals surface area contributed by atoms with E-state index >= 15 is 0 Å². The van der Waals surface area contributed by atoms with Crippen LogP contribution < -0.4 is 10.6 Å². The topological polar surface area (TPSA) is 73.9 Å². The van der Waals surface area contributed by atoms with E-state index in [0.717, 1.165) is 31.1 Å². The van der Waals surface area contributed by atoms with E-state index in [1.165, 1.54) is 0 Å². The van der Waals surface area contributed by atoms with Gasteiger partial charge in [-0.25, -0.2) is 0 Å². The molecular weight excluding hydrogens is 316 g/mol. The van der Waals surface area contributed by atoms with Crippen LogP contribution in [0.3, 0.4) is 0 Å². The van der Waals surface area contributed by atoms with E-state index in [9.17, 15) is 9.59 Å². The molecule has 1 unspecified atom stereocenters. The van der Waals surface area contributed by atoms with Gasteiger partial charge in [-0.15, -0.1) is 0 Å². The zero-order valence-corrected chi connectivity index (χ0v) is 14.7. The van der Waals surface area contributed by atoms with Gasteiger partial charge in [0.05, 0.1) is 13.2 Å². The Morgan fingerprint density at radius 2 is 2.09 bits per heavy atom. The molecule has 0 aliphatic carbocycles. The number of thioether (sulfide) groups is 1. The highest BCUT2D eigenvalue weighted by molar-refractivity contribution is 7.99. The minimum atomic E-state index is 0.0188. The summed E-state index contributed by atoms with van der Waals surface area (Å²) < 4.78 is 4.91. The number of hydrogen-bond acceptors (Lipinski definition) is 6. The molecule has 2 aliphatic rings. The third-order valence-electron chi connectivity index (χ3n) is 4.14. The van der Waals surface area contributed by atoms with Crippen molar-refractivity contribution in [2.75, 3.05) is 71.0 Å². The second kappa shape index (κ2) is 10.1. The van der Waals surface area contributed by atoms with Gasteiger partial charge in [-0.2, -0.15) is 11.8 Å². The van der Waals surface area contributed by atoms with Crippen LogP contribution in [0.15, 0.2) is 0 Å². The molecule has 2 saturated heterocycles. The molecule has 2 rings (SSSR count). The Morgan fingerprint density at radius 3 is 2.74 bits per heavy atom. The minimum Gasteiger partial charge on any atom is -0.383 e. The molecule has 2 aliphatic heterocycles. The first-order valence-electron chi connectivity index (χ1n) is 8.26. The van der Waals surface area contributed by atoms with E-state index in [-0.39, 0.29) is 11.8 Å². The van der Waals surface area contributed by atoms with Crippen LogP contribution in [0, 0.1) is 0 Å². The van der Waals surface area contributed by atoms with Crippen LogP contribution in [0.4, 0.5) is 0 Å². The maximum atomic E-state index is 12.3. The first-order chi connectivity index (χ1) is 11.2. The molecule has 0 aromatic rings. The van der Waals surface area contributed by atoms with Crippen molar-refractivity contribution >= 4 is 23.6 Å². The van der Waals surface area contributed by atoms with Crippen molar-refractivity contribution in [3.63, 3.8) is 0 Å². The number of hydrogen-bond donors (Lipinski definition) is 2. The first-order valence-corrected chi connectivity index (χ1v) is 9.41. The number of methoxy groups -OCH3 is 1. The van der Waals surface area contributed by atoms with Crippen molar-refractivity contribution in [2.45, 2.75) is 12.5 Å². The standard InChI is InChI=1S/C15H28N4O3S/c1-22-8-2-17-14(20)11-18-4-6-19(7-5-18)15(21)10-13-12-23-9-3-16-13/h13,16H,2-12H2,1H3,(H,17,20). The van der Waals surface area contributed by atoms with Gasteiger partial charge in [-0.3, -0.25) is 14.5 Å². The van der Waals surface area contributed by atoms with E-state index in [0.29, 0.717) is 45.2 Å². The lowest BCUT2D eigenvalue weighted by Crippen LogP contribution is -2.52. The summed E-state index contributed by atoms with van der Waals surface area (Å²) in [5.41, 5.74) is 0. The summed E-state index contributed by atoms with van der Waals surface area (Å²) in [5, 5.41) is 6.23. The van der Waals surface area contributed by atoms with Crippen molar-refractivity contribution < 1.29 is 14.3 Å². The van der Waals surface area contributed by atoms with Crippen LogP contribution in [-0.4, -0.2) is 98.7 Å². The SMILES string of the molecule is COCCNC(=O)CN1CCN(C(=O)CC2CSCCN2)CC1. The molecule has 132 valence electrons. The smallest absolute Gasteiger partial charge is 0.234 e. The summed E-state index contributed by atoms with van der Waals surface area (Å²) in [4.78, 5) is 28.1. The lowest BCUT2D eigenvalue weighted by Gasteiger charge is -2.35. The Kier molecular flexibility index (Phi) is 8.14. The monoisotopic (exact) mass is 344 g/mol. The summed E-state index contributed by atoms with van der Waals surface area (Å²) in [5.74, 6) is 2.41. The molecule has 2 N–H and O–H groups in total. The van der Waals surface area contributed by atoms with Gasteiger partial charge in [-0.1, -0.05) is 0 Å². The zero-order valence-electron chi connectivity index (χ0n) is 13.9. The van der Waals surface area contributed by atoms with E-state index in [1.807, 2.05) is 16.7 Å². The Morgan fingerprint density at radius 1 is 1.30 bits per heavy atom. The number of ether oxygens (including phenoxy) is 1. The van der Waals surface area contributed by atoms with Crippen molar-refractivity contribution in [3.8, 4) is 0 Å². The summed E-state index contributed by atoms with van der Waals surface area (Å²) in [6.07, 6.45) is 0.588. The molecule has 0 aromatic heterocycles. The number of carbonyl (C=O) groups excluding carboxylic acids is 2. The highest BCUT2D eigenvalue weighted by Crippen LogP contribution is 2.12. The van der Waals surface area contributed by atoms with Crippen LogP contribution in [0.25, 0.3) is 0 Å². The third kappa shape index (κ3) is 6.66. The van der Waals surface area contributed by atoms with Gasteiger partial charge in [0.1, 0.15) is 0 Å². The predicted octanol–water partition coefficient (Wildman–Crippen LogP) is -1.01. The van der Waals surface area contributed by atoms with Crippen LogP contribution in [0.1, 0.15) is 6.42 Å². The molecule has 0 radical (unpaired) electrons. The zero-order chi connectivity index (χ0) is 16.5. The molecule has 0 aromatic carbocycles. The average Bonchev–Trinajstić information content (AvgIpc) is 2.56. The van der Waals surface area contributed by atoms with E-state index in [2.05, 4.69) is 15.5 Å². The van der Waals surface area contributed by atoms with Gasteiger partial charge < -0.3 is 20.3 Å². The Bertz CT molecular complexity index is 383. The molecule has 2 fully saturated rings. The fourth-order valence-electron chi connectivity index (χ4n) is 2.80. The van der Waals surface area contributed by atoms with Crippen LogP contribution in [-0.2, 0) is 14.3 Å². The molecular formula is C15H28N4O3S. The second-order valence-corrected chi connectivity index (χ2v) is 7.08. The minimum absolute atomic E-state index is 0.0188. The fraction of sp³-hybridized carbons (Fsp3) is 0.867. The molecule has 0 bridgehead atoms. The number of nitrogens with one attached hydrogen (secondary N) is 2. The first kappa shape index (κ1) is 18.5. The van der Waals surface area contributed by atoms with Gasteiger partial charge in [0.15, 0.2) is 0 Å². The summed E-state index contributed by atoms with van der Waals surface area (Å²) >= 11 is 1.91. The van der Waals surface area contributed by atoms with Gasteiger partial charge >= 0.3 is 0 Å². The number of piperazine rings is 1. The maximum Gasteiger partial charge on any atom is 0.234 e. The van der Waals surface area contributed by atoms with Crippen molar-refractivity contribution in [3.05, 3.63) is 0 Å². The Labute approximate surface area is 142 Å². The summed E-state index contributed by atoms with van der Waals surface area (Å²) in [6.45, 7) is 5.41. The lowest BCUT2D eigenvalue weighted by atomic mass is 10.2. The van der Waals surface area contributed by atoms with Crippen molar-refractivity contribution in [1.29, 1.82) is 0 Å². The molecule has 8 heteroatoms. The lowest BCUT2D eigenvalue weighted by molar-refractivity contribution is -0.133. The van der Waals surface area contributed by atoms with E-state index < -0.39 is 0 Å². The number of nitrogens with zero attached hydrogens (tertiary/aromatic N) is 2. The van der Waals surface area contributed by atoms with Gasteiger partial charge in [0.2, 0.25) is 11.8 Å². The quantitative estimate of drug-likeness (QED) is 0.577. The van der Waals surface area contributed by atoms with Gasteiger partial charge in [0.25, 0.3) is 0 Å². The molecule has 23 heavy (non-hydrogen) atoms. The Hall–Kier alpha value is -0.830. The van der Waals surface area contributed by atoms with Crippen LogP contribution in [0.5, 0.6) is 0 Å². The van der Waals surface area contributed by atoms with E-state index in [4.69, 9.17) is 4.74 Å². The van der Waals surface area contributed by atoms with Gasteiger partial charge in [-0.05, 0) is 0 Å². The van der Waals surface area contributed by atoms with Crippen LogP contribution in [0.2, 0.25) is 0 Å². The van der Waals surface area contributed by atoms with Crippen molar-refractivity contribution in [1.82, 2.24) is 20.4 Å². The normalized spacial score (nSPS) is 22.8. The molecule has 1 atom stereocenters. The predicted molar refractivity (Wildman–Crippen MR) is 91.6 cm³/mol. The van der Waals surface area contributed by atoms with E-state index in [1.54, 1.807) is 7.11 Å². The molecule has 0 saturated carbocycles. The number of carbonyl (C=O) groups is 2. The van der Waals surface area contributed by atoms with Crippen LogP contribution >= 0.6 is 11.8 Å². The largest absolute Gasteiger partial charge is 0.383 e. The molecule has 2 heterocycles. The van der Waals surface area contributed by atoms with Gasteiger partial charge in [0, 0.05) is 70.3 Å². The maximum absolute atomic E-state index is 12.3. The summed E-state index contributed by atoms with van der Waals surface area (Å²) in [6, 6.07) is 0.311. The average molecular weight is 344 g/mol. The number of rotatable bonds is 7. The molecule has 0 spiro atoms. The molecule has 7 nitrogen and oxygen atoms in total. The fourth-order valence-corrected chi connectivity index (χ4v) is 3.75. The van der Waals surface area contributed by atoms with Crippen molar-refractivity contribution in [2.24, 2.45) is 0 Å². The second-order valence-electron chi connectivity index (χ2n) is 5.93. The summed E-state index contributed by atoms with van der Waals surface area (Å²) in [7, 11) is 1.61. The highest BCUT2D eigenvalue weighted by atomic mass is 32.2. The number of amides is 2. The third-order valence-corrected chi connectivity index (χ3v) is 5.27. The Balaban J connectivity index is 1.62. The molecule has 2 amide bonds.